The molecular formula is C6H9N3O3. The summed E-state index contributed by atoms with van der Waals surface area (Å²) >= 11 is 0. The Hall–Kier alpha value is -1.59. The lowest BCUT2D eigenvalue weighted by Gasteiger charge is -2.29. The lowest BCUT2D eigenvalue weighted by atomic mass is 10.2. The van der Waals surface area contributed by atoms with Crippen LogP contribution in [0.5, 0.6) is 0 Å². The predicted molar refractivity (Wildman–Crippen MR) is 40.0 cm³/mol. The standard InChI is InChI=1S/C6H9N3O3/c1-12-7-4-5(10)8-9-3-2-6(9)11/h4H,2-3H2,1H3,(H,8,10). The number of oxime groups is 1. The maximum atomic E-state index is 10.8. The molecule has 0 atom stereocenters. The van der Waals surface area contributed by atoms with Crippen molar-refractivity contribution in [3.63, 3.8) is 0 Å². The maximum absolute atomic E-state index is 10.8. The number of rotatable bonds is 3. The molecule has 12 heavy (non-hydrogen) atoms. The van der Waals surface area contributed by atoms with Crippen LogP contribution in [-0.4, -0.2) is 36.7 Å². The minimum Gasteiger partial charge on any atom is -0.399 e. The van der Waals surface area contributed by atoms with E-state index in [0.29, 0.717) is 13.0 Å². The average molecular weight is 171 g/mol. The van der Waals surface area contributed by atoms with Crippen molar-refractivity contribution in [1.29, 1.82) is 0 Å². The molecule has 1 fully saturated rings. The minimum atomic E-state index is -0.468. The number of amides is 2. The molecular weight excluding hydrogens is 162 g/mol. The first-order chi connectivity index (χ1) is 5.74. The van der Waals surface area contributed by atoms with E-state index in [1.807, 2.05) is 0 Å². The Balaban J connectivity index is 2.26. The van der Waals surface area contributed by atoms with Crippen molar-refractivity contribution in [2.75, 3.05) is 13.7 Å². The van der Waals surface area contributed by atoms with Gasteiger partial charge >= 0.3 is 0 Å². The second-order valence-corrected chi connectivity index (χ2v) is 2.19. The smallest absolute Gasteiger partial charge is 0.284 e. The van der Waals surface area contributed by atoms with E-state index in [-0.39, 0.29) is 5.91 Å². The van der Waals surface area contributed by atoms with Gasteiger partial charge in [-0.1, -0.05) is 5.16 Å². The zero-order valence-electron chi connectivity index (χ0n) is 6.61. The number of hydrogen-bond donors (Lipinski definition) is 1. The first-order valence-electron chi connectivity index (χ1n) is 3.41. The fourth-order valence-corrected chi connectivity index (χ4v) is 0.696. The van der Waals surface area contributed by atoms with Crippen LogP contribution < -0.4 is 5.43 Å². The molecule has 1 rings (SSSR count). The van der Waals surface area contributed by atoms with Gasteiger partial charge in [-0.15, -0.1) is 0 Å². The van der Waals surface area contributed by atoms with Crippen molar-refractivity contribution in [1.82, 2.24) is 10.4 Å². The number of carbonyl (C=O) groups is 2. The number of nitrogens with zero attached hydrogens (tertiary/aromatic N) is 2. The van der Waals surface area contributed by atoms with E-state index in [1.165, 1.54) is 12.1 Å². The second-order valence-electron chi connectivity index (χ2n) is 2.19. The molecule has 0 saturated carbocycles. The van der Waals surface area contributed by atoms with E-state index in [1.54, 1.807) is 0 Å². The van der Waals surface area contributed by atoms with Crippen molar-refractivity contribution in [3.05, 3.63) is 0 Å². The maximum Gasteiger partial charge on any atom is 0.284 e. The van der Waals surface area contributed by atoms with Gasteiger partial charge in [0, 0.05) is 6.42 Å². The summed E-state index contributed by atoms with van der Waals surface area (Å²) in [4.78, 5) is 25.8. The molecule has 1 aliphatic rings. The monoisotopic (exact) mass is 171 g/mol. The number of carbonyl (C=O) groups excluding carboxylic acids is 2. The Labute approximate surface area is 69.1 Å². The van der Waals surface area contributed by atoms with Crippen molar-refractivity contribution >= 4 is 18.0 Å². The molecule has 0 spiro atoms. The van der Waals surface area contributed by atoms with Crippen LogP contribution in [0.2, 0.25) is 0 Å². The van der Waals surface area contributed by atoms with E-state index in [0.717, 1.165) is 6.21 Å². The van der Waals surface area contributed by atoms with Gasteiger partial charge in [0.05, 0.1) is 6.54 Å². The van der Waals surface area contributed by atoms with Gasteiger partial charge in [-0.05, 0) is 0 Å². The van der Waals surface area contributed by atoms with Crippen molar-refractivity contribution in [2.24, 2.45) is 5.16 Å². The first kappa shape index (κ1) is 8.51. The molecule has 1 aliphatic heterocycles. The van der Waals surface area contributed by atoms with Crippen molar-refractivity contribution in [3.8, 4) is 0 Å². The zero-order valence-corrected chi connectivity index (χ0v) is 6.61. The fourth-order valence-electron chi connectivity index (χ4n) is 0.696. The molecule has 0 aromatic carbocycles. The molecule has 6 nitrogen and oxygen atoms in total. The summed E-state index contributed by atoms with van der Waals surface area (Å²) in [5.41, 5.74) is 2.32. The summed E-state index contributed by atoms with van der Waals surface area (Å²) in [6.07, 6.45) is 1.45. The second kappa shape index (κ2) is 3.70. The van der Waals surface area contributed by atoms with Gasteiger partial charge in [-0.25, -0.2) is 0 Å². The Morgan fingerprint density at radius 3 is 3.00 bits per heavy atom. The third kappa shape index (κ3) is 1.94. The SMILES string of the molecule is CON=CC(=O)NN1CCC1=O. The highest BCUT2D eigenvalue weighted by Gasteiger charge is 2.24. The Morgan fingerprint density at radius 1 is 1.83 bits per heavy atom. The Morgan fingerprint density at radius 2 is 2.58 bits per heavy atom. The highest BCUT2D eigenvalue weighted by Crippen LogP contribution is 2.02. The third-order valence-electron chi connectivity index (χ3n) is 1.37. The van der Waals surface area contributed by atoms with Gasteiger partial charge in [0.1, 0.15) is 13.3 Å². The summed E-state index contributed by atoms with van der Waals surface area (Å²) in [6, 6.07) is 0. The van der Waals surface area contributed by atoms with Crippen LogP contribution in [0.15, 0.2) is 5.16 Å². The van der Waals surface area contributed by atoms with Crippen LogP contribution >= 0.6 is 0 Å². The van der Waals surface area contributed by atoms with Gasteiger partial charge in [-0.2, -0.15) is 0 Å². The molecule has 6 heteroatoms. The first-order valence-corrected chi connectivity index (χ1v) is 3.41. The van der Waals surface area contributed by atoms with E-state index >= 15 is 0 Å². The van der Waals surface area contributed by atoms with Crippen LogP contribution in [0.4, 0.5) is 0 Å². The molecule has 0 unspecified atom stereocenters. The van der Waals surface area contributed by atoms with Crippen LogP contribution in [0.3, 0.4) is 0 Å². The lowest BCUT2D eigenvalue weighted by Crippen LogP contribution is -2.54. The molecule has 0 bridgehead atoms. The summed E-state index contributed by atoms with van der Waals surface area (Å²) in [7, 11) is 1.33. The Kier molecular flexibility index (Phi) is 2.62. The van der Waals surface area contributed by atoms with E-state index in [2.05, 4.69) is 15.4 Å². The number of nitrogens with one attached hydrogen (secondary N) is 1. The van der Waals surface area contributed by atoms with Crippen LogP contribution in [0, 0.1) is 0 Å². The van der Waals surface area contributed by atoms with Gasteiger partial charge < -0.3 is 4.84 Å². The average Bonchev–Trinajstić information content (AvgIpc) is 2.08. The topological polar surface area (TPSA) is 71.0 Å². The van der Waals surface area contributed by atoms with Crippen LogP contribution in [-0.2, 0) is 14.4 Å². The number of hydrogen-bond acceptors (Lipinski definition) is 4. The van der Waals surface area contributed by atoms with E-state index in [9.17, 15) is 9.59 Å². The third-order valence-corrected chi connectivity index (χ3v) is 1.37. The summed E-state index contributed by atoms with van der Waals surface area (Å²) in [6.45, 7) is 0.561. The van der Waals surface area contributed by atoms with Crippen LogP contribution in [0.25, 0.3) is 0 Å². The minimum absolute atomic E-state index is 0.0887. The normalized spacial score (nSPS) is 16.1. The molecule has 0 aromatic rings. The summed E-state index contributed by atoms with van der Waals surface area (Å²) < 4.78 is 0. The zero-order chi connectivity index (χ0) is 8.97. The fraction of sp³-hybridized carbons (Fsp3) is 0.500. The van der Waals surface area contributed by atoms with Gasteiger partial charge in [0.15, 0.2) is 0 Å². The van der Waals surface area contributed by atoms with Crippen molar-refractivity contribution < 1.29 is 14.4 Å². The van der Waals surface area contributed by atoms with Crippen LogP contribution in [0.1, 0.15) is 6.42 Å². The Bertz CT molecular complexity index is 226. The molecule has 1 N–H and O–H groups in total. The molecule has 2 amide bonds. The molecule has 66 valence electrons. The molecule has 1 saturated heterocycles. The van der Waals surface area contributed by atoms with E-state index in [4.69, 9.17) is 0 Å². The summed E-state index contributed by atoms with van der Waals surface area (Å²) in [5.74, 6) is -0.556. The predicted octanol–water partition coefficient (Wildman–Crippen LogP) is -1.12. The highest BCUT2D eigenvalue weighted by atomic mass is 16.6. The quantitative estimate of drug-likeness (QED) is 0.332. The van der Waals surface area contributed by atoms with E-state index < -0.39 is 5.91 Å². The van der Waals surface area contributed by atoms with Gasteiger partial charge in [0.2, 0.25) is 5.91 Å². The summed E-state index contributed by atoms with van der Waals surface area (Å²) in [5, 5.41) is 4.46. The van der Waals surface area contributed by atoms with Gasteiger partial charge in [-0.3, -0.25) is 20.0 Å². The highest BCUT2D eigenvalue weighted by molar-refractivity contribution is 6.26. The molecule has 0 radical (unpaired) electrons. The number of hydrazine groups is 1. The molecule has 0 aliphatic carbocycles. The van der Waals surface area contributed by atoms with Gasteiger partial charge in [0.25, 0.3) is 5.91 Å². The van der Waals surface area contributed by atoms with Crippen molar-refractivity contribution in [2.45, 2.75) is 6.42 Å². The molecule has 0 aromatic heterocycles. The number of β-lactam (4-membered cyclic amide) rings is 1. The molecule has 1 heterocycles. The lowest BCUT2D eigenvalue weighted by molar-refractivity contribution is -0.148. The largest absolute Gasteiger partial charge is 0.399 e.